The van der Waals surface area contributed by atoms with E-state index in [1.54, 1.807) is 0 Å². The smallest absolute Gasteiger partial charge is 0.416 e. The number of benzene rings is 1. The fourth-order valence-electron chi connectivity index (χ4n) is 0.958. The highest BCUT2D eigenvalue weighted by Crippen LogP contribution is 2.33. The van der Waals surface area contributed by atoms with Gasteiger partial charge in [-0.2, -0.15) is 13.2 Å². The molecule has 0 aliphatic rings. The van der Waals surface area contributed by atoms with Crippen molar-refractivity contribution in [3.05, 3.63) is 28.8 Å². The highest BCUT2D eigenvalue weighted by atomic mass is 35.5. The van der Waals surface area contributed by atoms with Gasteiger partial charge in [0.2, 0.25) is 0 Å². The Kier molecular flexibility index (Phi) is 3.64. The summed E-state index contributed by atoms with van der Waals surface area (Å²) in [6.07, 6.45) is -5.38. The molecule has 88 valence electrons. The molecule has 0 spiro atoms. The molecule has 1 N–H and O–H groups in total. The van der Waals surface area contributed by atoms with Gasteiger partial charge in [0.1, 0.15) is 0 Å². The molecule has 0 saturated carbocycles. The van der Waals surface area contributed by atoms with E-state index in [9.17, 15) is 18.0 Å². The van der Waals surface area contributed by atoms with Gasteiger partial charge in [-0.15, -0.1) is 0 Å². The molecule has 0 aliphatic heterocycles. The molecule has 0 aromatic heterocycles. The molecule has 1 aromatic carbocycles. The number of amides is 1. The minimum atomic E-state index is -4.49. The van der Waals surface area contributed by atoms with Crippen LogP contribution >= 0.6 is 11.6 Å². The van der Waals surface area contributed by atoms with Crippen LogP contribution in [0.3, 0.4) is 0 Å². The quantitative estimate of drug-likeness (QED) is 0.831. The first kappa shape index (κ1) is 12.6. The summed E-state index contributed by atoms with van der Waals surface area (Å²) in [4.78, 5) is 10.8. The first-order valence-electron chi connectivity index (χ1n) is 4.06. The lowest BCUT2D eigenvalue weighted by Gasteiger charge is -2.10. The van der Waals surface area contributed by atoms with Crippen molar-refractivity contribution >= 4 is 23.4 Å². The second kappa shape index (κ2) is 4.61. The molecule has 0 radical (unpaired) electrons. The summed E-state index contributed by atoms with van der Waals surface area (Å²) in [5, 5.41) is 2.08. The maximum absolute atomic E-state index is 12.3. The van der Waals surface area contributed by atoms with Crippen molar-refractivity contribution in [2.24, 2.45) is 0 Å². The van der Waals surface area contributed by atoms with E-state index in [0.717, 1.165) is 25.3 Å². The summed E-state index contributed by atoms with van der Waals surface area (Å²) in [6, 6.07) is 2.61. The summed E-state index contributed by atoms with van der Waals surface area (Å²) in [7, 11) is 1.09. The fourth-order valence-corrected chi connectivity index (χ4v) is 1.12. The SMILES string of the molecule is COC(=O)Nc1cc(C(F)(F)F)ccc1Cl. The number of alkyl halides is 3. The second-order valence-corrected chi connectivity index (χ2v) is 3.22. The third-order valence-electron chi connectivity index (χ3n) is 1.72. The monoisotopic (exact) mass is 253 g/mol. The number of ether oxygens (including phenoxy) is 1. The Labute approximate surface area is 94.2 Å². The van der Waals surface area contributed by atoms with E-state index in [1.807, 2.05) is 0 Å². The number of halogens is 4. The van der Waals surface area contributed by atoms with Gasteiger partial charge >= 0.3 is 12.3 Å². The molecule has 0 bridgehead atoms. The topological polar surface area (TPSA) is 38.3 Å². The minimum Gasteiger partial charge on any atom is -0.453 e. The molecule has 7 heteroatoms. The summed E-state index contributed by atoms with van der Waals surface area (Å²) < 4.78 is 41.2. The predicted molar refractivity (Wildman–Crippen MR) is 52.5 cm³/mol. The van der Waals surface area contributed by atoms with E-state index in [-0.39, 0.29) is 10.7 Å². The van der Waals surface area contributed by atoms with Gasteiger partial charge in [-0.3, -0.25) is 5.32 Å². The summed E-state index contributed by atoms with van der Waals surface area (Å²) in [6.45, 7) is 0. The van der Waals surface area contributed by atoms with E-state index in [1.165, 1.54) is 0 Å². The molecular formula is C9H7ClF3NO2. The minimum absolute atomic E-state index is 0.00148. The highest BCUT2D eigenvalue weighted by Gasteiger charge is 2.31. The number of carbonyl (C=O) groups excluding carboxylic acids is 1. The molecule has 0 unspecified atom stereocenters. The largest absolute Gasteiger partial charge is 0.453 e. The number of methoxy groups -OCH3 is 1. The van der Waals surface area contributed by atoms with Crippen molar-refractivity contribution in [2.45, 2.75) is 6.18 Å². The highest BCUT2D eigenvalue weighted by molar-refractivity contribution is 6.33. The number of nitrogens with one attached hydrogen (secondary N) is 1. The van der Waals surface area contributed by atoms with Crippen LogP contribution in [0.25, 0.3) is 0 Å². The summed E-state index contributed by atoms with van der Waals surface area (Å²) >= 11 is 5.61. The van der Waals surface area contributed by atoms with Crippen LogP contribution in [0.5, 0.6) is 0 Å². The van der Waals surface area contributed by atoms with Gasteiger partial charge in [-0.05, 0) is 18.2 Å². The van der Waals surface area contributed by atoms with Gasteiger partial charge in [0.25, 0.3) is 0 Å². The Balaban J connectivity index is 3.04. The first-order valence-corrected chi connectivity index (χ1v) is 4.44. The molecule has 16 heavy (non-hydrogen) atoms. The average molecular weight is 254 g/mol. The lowest BCUT2D eigenvalue weighted by molar-refractivity contribution is -0.137. The number of hydrogen-bond acceptors (Lipinski definition) is 2. The number of carbonyl (C=O) groups is 1. The van der Waals surface area contributed by atoms with E-state index in [0.29, 0.717) is 0 Å². The van der Waals surface area contributed by atoms with Crippen LogP contribution in [0.15, 0.2) is 18.2 Å². The van der Waals surface area contributed by atoms with E-state index in [4.69, 9.17) is 11.6 Å². The summed E-state index contributed by atoms with van der Waals surface area (Å²) in [5.41, 5.74) is -1.05. The fraction of sp³-hybridized carbons (Fsp3) is 0.222. The van der Waals surface area contributed by atoms with E-state index >= 15 is 0 Å². The standard InChI is InChI=1S/C9H7ClF3NO2/c1-16-8(15)14-7-4-5(9(11,12)13)2-3-6(7)10/h2-4H,1H3,(H,14,15). The van der Waals surface area contributed by atoms with Gasteiger partial charge in [0, 0.05) is 0 Å². The summed E-state index contributed by atoms with van der Waals surface area (Å²) in [5.74, 6) is 0. The van der Waals surface area contributed by atoms with Crippen LogP contribution in [-0.2, 0) is 10.9 Å². The Morgan fingerprint density at radius 3 is 2.56 bits per heavy atom. The van der Waals surface area contributed by atoms with Crippen molar-refractivity contribution in [3.63, 3.8) is 0 Å². The van der Waals surface area contributed by atoms with Gasteiger partial charge in [-0.1, -0.05) is 11.6 Å². The van der Waals surface area contributed by atoms with E-state index < -0.39 is 17.8 Å². The van der Waals surface area contributed by atoms with Crippen molar-refractivity contribution in [1.82, 2.24) is 0 Å². The Bertz CT molecular complexity index is 406. The number of rotatable bonds is 1. The van der Waals surface area contributed by atoms with Gasteiger partial charge in [0.05, 0.1) is 23.4 Å². The van der Waals surface area contributed by atoms with Crippen LogP contribution in [0, 0.1) is 0 Å². The molecule has 0 fully saturated rings. The van der Waals surface area contributed by atoms with Crippen LogP contribution in [-0.4, -0.2) is 13.2 Å². The normalized spacial score (nSPS) is 11.1. The lowest BCUT2D eigenvalue weighted by atomic mass is 10.2. The number of hydrogen-bond donors (Lipinski definition) is 1. The Morgan fingerprint density at radius 1 is 1.44 bits per heavy atom. The van der Waals surface area contributed by atoms with Crippen LogP contribution < -0.4 is 5.32 Å². The molecule has 1 amide bonds. The zero-order valence-corrected chi connectivity index (χ0v) is 8.82. The molecule has 0 heterocycles. The van der Waals surface area contributed by atoms with Crippen LogP contribution in [0.2, 0.25) is 5.02 Å². The molecule has 0 aliphatic carbocycles. The van der Waals surface area contributed by atoms with Crippen LogP contribution in [0.4, 0.5) is 23.7 Å². The molecule has 1 rings (SSSR count). The van der Waals surface area contributed by atoms with Crippen molar-refractivity contribution < 1.29 is 22.7 Å². The van der Waals surface area contributed by atoms with Crippen molar-refractivity contribution in [1.29, 1.82) is 0 Å². The Hall–Kier alpha value is -1.43. The third kappa shape index (κ3) is 3.03. The Morgan fingerprint density at radius 2 is 2.06 bits per heavy atom. The predicted octanol–water partition coefficient (Wildman–Crippen LogP) is 3.54. The maximum atomic E-state index is 12.3. The average Bonchev–Trinajstić information content (AvgIpc) is 2.19. The molecule has 0 saturated heterocycles. The van der Waals surface area contributed by atoms with Crippen molar-refractivity contribution in [3.8, 4) is 0 Å². The third-order valence-corrected chi connectivity index (χ3v) is 2.05. The molecule has 1 aromatic rings. The molecular weight excluding hydrogens is 247 g/mol. The van der Waals surface area contributed by atoms with Gasteiger partial charge in [0.15, 0.2) is 0 Å². The number of anilines is 1. The van der Waals surface area contributed by atoms with E-state index in [2.05, 4.69) is 10.1 Å². The van der Waals surface area contributed by atoms with Crippen LogP contribution in [0.1, 0.15) is 5.56 Å². The zero-order valence-electron chi connectivity index (χ0n) is 8.06. The second-order valence-electron chi connectivity index (χ2n) is 2.81. The molecule has 3 nitrogen and oxygen atoms in total. The molecule has 0 atom stereocenters. The first-order chi connectivity index (χ1) is 7.34. The lowest BCUT2D eigenvalue weighted by Crippen LogP contribution is -2.13. The van der Waals surface area contributed by atoms with Gasteiger partial charge < -0.3 is 4.74 Å². The maximum Gasteiger partial charge on any atom is 0.416 e. The van der Waals surface area contributed by atoms with Gasteiger partial charge in [-0.25, -0.2) is 4.79 Å². The zero-order chi connectivity index (χ0) is 12.3. The van der Waals surface area contributed by atoms with Crippen molar-refractivity contribution in [2.75, 3.05) is 12.4 Å².